The fourth-order valence-electron chi connectivity index (χ4n) is 3.91. The van der Waals surface area contributed by atoms with Gasteiger partial charge in [-0.05, 0) is 59.2 Å². The molecule has 1 unspecified atom stereocenters. The third kappa shape index (κ3) is 3.50. The number of ketones is 1. The molecule has 0 saturated heterocycles. The summed E-state index contributed by atoms with van der Waals surface area (Å²) in [5.41, 5.74) is 3.42. The van der Waals surface area contributed by atoms with E-state index < -0.39 is 6.04 Å². The largest absolute Gasteiger partial charge is 0.489 e. The lowest BCUT2D eigenvalue weighted by atomic mass is 9.85. The van der Waals surface area contributed by atoms with Crippen LogP contribution >= 0.6 is 27.5 Å². The molecule has 9 heteroatoms. The van der Waals surface area contributed by atoms with E-state index in [9.17, 15) is 4.79 Å². The summed E-state index contributed by atoms with van der Waals surface area (Å²) in [6, 6.07) is 12.9. The van der Waals surface area contributed by atoms with E-state index >= 15 is 0 Å². The summed E-state index contributed by atoms with van der Waals surface area (Å²) in [6.07, 6.45) is 2.13. The van der Waals surface area contributed by atoms with E-state index in [0.29, 0.717) is 35.3 Å². The van der Waals surface area contributed by atoms with Gasteiger partial charge in [-0.3, -0.25) is 4.79 Å². The van der Waals surface area contributed by atoms with Gasteiger partial charge in [-0.25, -0.2) is 0 Å². The van der Waals surface area contributed by atoms with E-state index in [2.05, 4.69) is 36.8 Å². The van der Waals surface area contributed by atoms with Crippen molar-refractivity contribution in [3.05, 3.63) is 74.4 Å². The molecule has 5 rings (SSSR count). The number of carbonyl (C=O) groups excluding carboxylic acids is 1. The van der Waals surface area contributed by atoms with Crippen LogP contribution in [0.25, 0.3) is 0 Å². The standard InChI is InChI=1S/C21H17BrClN5O2/c22-13-6-9-18(30-11-12-4-7-14(23)8-5-12)15(10-13)20-19-16(2-1-3-17(19)29)24-21-25-26-27-28(20)21/h4-10,20H,1-3,11H2,(H,24,25,27). The Labute approximate surface area is 186 Å². The van der Waals surface area contributed by atoms with E-state index in [0.717, 1.165) is 34.1 Å². The summed E-state index contributed by atoms with van der Waals surface area (Å²) in [4.78, 5) is 12.9. The van der Waals surface area contributed by atoms with Crippen LogP contribution in [0, 0.1) is 0 Å². The van der Waals surface area contributed by atoms with Crippen molar-refractivity contribution in [3.8, 4) is 5.75 Å². The number of hydrogen-bond donors (Lipinski definition) is 1. The van der Waals surface area contributed by atoms with Crippen molar-refractivity contribution in [3.63, 3.8) is 0 Å². The zero-order valence-corrected chi connectivity index (χ0v) is 18.2. The minimum Gasteiger partial charge on any atom is -0.489 e. The quantitative estimate of drug-likeness (QED) is 0.576. The Morgan fingerprint density at radius 2 is 2.03 bits per heavy atom. The first-order valence-electron chi connectivity index (χ1n) is 9.58. The monoisotopic (exact) mass is 485 g/mol. The molecule has 2 aliphatic rings. The third-order valence-corrected chi connectivity index (χ3v) is 6.05. The van der Waals surface area contributed by atoms with Gasteiger partial charge in [-0.1, -0.05) is 44.8 Å². The minimum absolute atomic E-state index is 0.110. The summed E-state index contributed by atoms with van der Waals surface area (Å²) in [6.45, 7) is 0.374. The van der Waals surface area contributed by atoms with Gasteiger partial charge < -0.3 is 10.1 Å². The summed E-state index contributed by atoms with van der Waals surface area (Å²) >= 11 is 9.53. The predicted molar refractivity (Wildman–Crippen MR) is 115 cm³/mol. The molecule has 0 amide bonds. The van der Waals surface area contributed by atoms with Crippen LogP contribution in [0.15, 0.2) is 58.2 Å². The molecule has 0 fully saturated rings. The van der Waals surface area contributed by atoms with Crippen molar-refractivity contribution in [2.75, 3.05) is 5.32 Å². The van der Waals surface area contributed by atoms with E-state index in [1.54, 1.807) is 4.68 Å². The van der Waals surface area contributed by atoms with Crippen LogP contribution in [0.4, 0.5) is 5.95 Å². The Hall–Kier alpha value is -2.71. The fraction of sp³-hybridized carbons (Fsp3) is 0.238. The summed E-state index contributed by atoms with van der Waals surface area (Å²) in [5, 5.41) is 16.0. The van der Waals surface area contributed by atoms with Gasteiger partial charge in [-0.15, -0.1) is 0 Å². The van der Waals surface area contributed by atoms with Crippen molar-refractivity contribution in [2.24, 2.45) is 0 Å². The van der Waals surface area contributed by atoms with E-state index in [1.165, 1.54) is 0 Å². The number of Topliss-reactive ketones (excluding diaryl/α,β-unsaturated/α-hetero) is 1. The third-order valence-electron chi connectivity index (χ3n) is 5.30. The fourth-order valence-corrected chi connectivity index (χ4v) is 4.42. The molecular formula is C21H17BrClN5O2. The molecule has 2 heterocycles. The Morgan fingerprint density at radius 3 is 2.87 bits per heavy atom. The van der Waals surface area contributed by atoms with Gasteiger partial charge in [-0.2, -0.15) is 4.68 Å². The van der Waals surface area contributed by atoms with Crippen LogP contribution in [0.5, 0.6) is 5.75 Å². The number of carbonyl (C=O) groups is 1. The molecule has 7 nitrogen and oxygen atoms in total. The molecule has 0 saturated carbocycles. The number of hydrogen-bond acceptors (Lipinski definition) is 6. The van der Waals surface area contributed by atoms with Gasteiger partial charge in [0, 0.05) is 32.7 Å². The van der Waals surface area contributed by atoms with Crippen LogP contribution in [0.2, 0.25) is 5.02 Å². The minimum atomic E-state index is -0.447. The van der Waals surface area contributed by atoms with Gasteiger partial charge in [0.2, 0.25) is 5.95 Å². The van der Waals surface area contributed by atoms with Crippen molar-refractivity contribution < 1.29 is 9.53 Å². The molecule has 0 bridgehead atoms. The van der Waals surface area contributed by atoms with Gasteiger partial charge in [0.15, 0.2) is 5.78 Å². The second-order valence-corrected chi connectivity index (χ2v) is 8.59. The van der Waals surface area contributed by atoms with Gasteiger partial charge in [0.25, 0.3) is 0 Å². The van der Waals surface area contributed by atoms with Crippen LogP contribution in [0.3, 0.4) is 0 Å². The first-order valence-corrected chi connectivity index (χ1v) is 10.7. The second-order valence-electron chi connectivity index (χ2n) is 7.24. The van der Waals surface area contributed by atoms with Crippen molar-refractivity contribution in [1.82, 2.24) is 20.2 Å². The predicted octanol–water partition coefficient (Wildman–Crippen LogP) is 4.69. The summed E-state index contributed by atoms with van der Waals surface area (Å²) < 4.78 is 8.71. The normalized spacial score (nSPS) is 17.9. The molecule has 152 valence electrons. The maximum atomic E-state index is 12.9. The van der Waals surface area contributed by atoms with E-state index in [1.807, 2.05) is 42.5 Å². The molecule has 0 radical (unpaired) electrons. The topological polar surface area (TPSA) is 81.9 Å². The number of aromatic nitrogens is 4. The second kappa shape index (κ2) is 7.85. The van der Waals surface area contributed by atoms with Crippen LogP contribution in [-0.4, -0.2) is 26.0 Å². The van der Waals surface area contributed by atoms with Gasteiger partial charge in [0.05, 0.1) is 0 Å². The SMILES string of the molecule is O=C1CCCC2=C1C(c1cc(Br)ccc1OCc1ccc(Cl)cc1)n1nnnc1N2. The highest BCUT2D eigenvalue weighted by molar-refractivity contribution is 9.10. The van der Waals surface area contributed by atoms with Crippen LogP contribution in [-0.2, 0) is 11.4 Å². The maximum absolute atomic E-state index is 12.9. The lowest BCUT2D eigenvalue weighted by molar-refractivity contribution is -0.116. The molecule has 1 aliphatic carbocycles. The summed E-state index contributed by atoms with van der Waals surface area (Å²) in [5.74, 6) is 1.31. The molecule has 3 aromatic rings. The zero-order chi connectivity index (χ0) is 20.7. The lowest BCUT2D eigenvalue weighted by Gasteiger charge is -2.32. The molecule has 0 spiro atoms. The summed E-state index contributed by atoms with van der Waals surface area (Å²) in [7, 11) is 0. The number of rotatable bonds is 4. The van der Waals surface area contributed by atoms with Gasteiger partial charge >= 0.3 is 0 Å². The Bertz CT molecular complexity index is 1160. The molecule has 2 aromatic carbocycles. The number of tetrazole rings is 1. The van der Waals surface area contributed by atoms with Crippen molar-refractivity contribution in [1.29, 1.82) is 0 Å². The highest BCUT2D eigenvalue weighted by Gasteiger charge is 2.38. The molecule has 30 heavy (non-hydrogen) atoms. The molecule has 1 N–H and O–H groups in total. The number of nitrogens with zero attached hydrogens (tertiary/aromatic N) is 4. The lowest BCUT2D eigenvalue weighted by Crippen LogP contribution is -2.31. The Morgan fingerprint density at radius 1 is 1.20 bits per heavy atom. The average molecular weight is 487 g/mol. The molecule has 1 aromatic heterocycles. The first-order chi connectivity index (χ1) is 14.6. The number of fused-ring (bicyclic) bond motifs is 1. The number of halogens is 2. The molecule has 1 atom stereocenters. The number of ether oxygens (including phenoxy) is 1. The molecular weight excluding hydrogens is 470 g/mol. The Kier molecular flexibility index (Phi) is 5.04. The maximum Gasteiger partial charge on any atom is 0.248 e. The average Bonchev–Trinajstić information content (AvgIpc) is 3.21. The van der Waals surface area contributed by atoms with E-state index in [-0.39, 0.29) is 5.78 Å². The van der Waals surface area contributed by atoms with Crippen LogP contribution in [0.1, 0.15) is 36.4 Å². The zero-order valence-electron chi connectivity index (χ0n) is 15.8. The Balaban J connectivity index is 1.57. The highest BCUT2D eigenvalue weighted by atomic mass is 79.9. The first kappa shape index (κ1) is 19.3. The van der Waals surface area contributed by atoms with Gasteiger partial charge in [0.1, 0.15) is 18.4 Å². The molecule has 1 aliphatic heterocycles. The van der Waals surface area contributed by atoms with Crippen LogP contribution < -0.4 is 10.1 Å². The van der Waals surface area contributed by atoms with E-state index in [4.69, 9.17) is 16.3 Å². The van der Waals surface area contributed by atoms with Crippen molar-refractivity contribution >= 4 is 39.3 Å². The number of nitrogens with one attached hydrogen (secondary N) is 1. The number of anilines is 1. The smallest absolute Gasteiger partial charge is 0.248 e. The highest BCUT2D eigenvalue weighted by Crippen LogP contribution is 2.43. The number of allylic oxidation sites excluding steroid dienone is 2. The number of benzene rings is 2. The van der Waals surface area contributed by atoms with Crippen molar-refractivity contribution in [2.45, 2.75) is 31.9 Å².